The number of nitrogens with zero attached hydrogens (tertiary/aromatic N) is 2. The highest BCUT2D eigenvalue weighted by Gasteiger charge is 2.23. The minimum Gasteiger partial charge on any atom is -0.478 e. The number of carboxylic acids is 1. The lowest BCUT2D eigenvalue weighted by molar-refractivity contribution is 0.0696. The Balaban J connectivity index is 2.34. The van der Waals surface area contributed by atoms with Gasteiger partial charge in [0, 0.05) is 18.8 Å². The van der Waals surface area contributed by atoms with Gasteiger partial charge < -0.3 is 10.0 Å². The summed E-state index contributed by atoms with van der Waals surface area (Å²) in [6.45, 7) is 4.60. The normalized spacial score (nSPS) is 18.2. The van der Waals surface area contributed by atoms with Gasteiger partial charge in [0.2, 0.25) is 0 Å². The Kier molecular flexibility index (Phi) is 3.99. The lowest BCUT2D eigenvalue weighted by Crippen LogP contribution is -2.40. The molecule has 6 nitrogen and oxygen atoms in total. The molecule has 1 aliphatic rings. The quantitative estimate of drug-likeness (QED) is 0.900. The fourth-order valence-electron chi connectivity index (χ4n) is 2.06. The van der Waals surface area contributed by atoms with Crippen LogP contribution in [0.3, 0.4) is 0 Å². The maximum Gasteiger partial charge on any atom is 0.335 e. The topological polar surface area (TPSA) is 87.6 Å². The van der Waals surface area contributed by atoms with Crippen LogP contribution in [-0.4, -0.2) is 49.1 Å². The van der Waals surface area contributed by atoms with Crippen LogP contribution >= 0.6 is 0 Å². The maximum atomic E-state index is 11.4. The molecule has 0 bridgehead atoms. The Morgan fingerprint density at radius 3 is 2.40 bits per heavy atom. The molecule has 0 aliphatic carbocycles. The van der Waals surface area contributed by atoms with Gasteiger partial charge in [-0.1, -0.05) is 13.8 Å². The number of aromatic nitrogens is 1. The van der Waals surface area contributed by atoms with Crippen molar-refractivity contribution in [1.29, 1.82) is 0 Å². The molecule has 0 radical (unpaired) electrons. The molecule has 1 fully saturated rings. The zero-order valence-electron chi connectivity index (χ0n) is 11.5. The van der Waals surface area contributed by atoms with Crippen molar-refractivity contribution < 1.29 is 18.3 Å². The van der Waals surface area contributed by atoms with E-state index in [-0.39, 0.29) is 23.0 Å². The maximum absolute atomic E-state index is 11.4. The highest BCUT2D eigenvalue weighted by atomic mass is 32.2. The van der Waals surface area contributed by atoms with Crippen molar-refractivity contribution in [2.75, 3.05) is 29.5 Å². The van der Waals surface area contributed by atoms with Gasteiger partial charge in [-0.2, -0.15) is 0 Å². The van der Waals surface area contributed by atoms with Gasteiger partial charge >= 0.3 is 5.97 Å². The average Bonchev–Trinajstić information content (AvgIpc) is 2.38. The van der Waals surface area contributed by atoms with E-state index >= 15 is 0 Å². The molecular weight excluding hydrogens is 280 g/mol. The van der Waals surface area contributed by atoms with Gasteiger partial charge in [-0.3, -0.25) is 0 Å². The molecule has 2 rings (SSSR count). The molecule has 110 valence electrons. The van der Waals surface area contributed by atoms with E-state index in [1.165, 1.54) is 6.07 Å². The molecule has 0 amide bonds. The second-order valence-electron chi connectivity index (χ2n) is 5.24. The molecule has 20 heavy (non-hydrogen) atoms. The lowest BCUT2D eigenvalue weighted by atomic mass is 10.1. The number of pyridine rings is 1. The first-order valence-electron chi connectivity index (χ1n) is 6.49. The summed E-state index contributed by atoms with van der Waals surface area (Å²) in [5, 5.41) is 9.15. The monoisotopic (exact) mass is 298 g/mol. The fraction of sp³-hybridized carbons (Fsp3) is 0.538. The molecular formula is C13H18N2O4S. The van der Waals surface area contributed by atoms with Crippen LogP contribution in [0, 0.1) is 0 Å². The second kappa shape index (κ2) is 5.40. The van der Waals surface area contributed by atoms with Crippen LogP contribution in [0.2, 0.25) is 0 Å². The van der Waals surface area contributed by atoms with Crippen LogP contribution in [0.4, 0.5) is 5.82 Å². The van der Waals surface area contributed by atoms with E-state index in [0.717, 1.165) is 0 Å². The predicted octanol–water partition coefficient (Wildman–Crippen LogP) is 1.14. The highest BCUT2D eigenvalue weighted by Crippen LogP contribution is 2.21. The summed E-state index contributed by atoms with van der Waals surface area (Å²) in [6, 6.07) is 3.07. The third-order valence-electron chi connectivity index (χ3n) is 3.34. The molecule has 1 aromatic heterocycles. The summed E-state index contributed by atoms with van der Waals surface area (Å²) in [6.07, 6.45) is 0. The van der Waals surface area contributed by atoms with Crippen LogP contribution in [-0.2, 0) is 9.84 Å². The molecule has 1 aliphatic heterocycles. The molecule has 1 saturated heterocycles. The summed E-state index contributed by atoms with van der Waals surface area (Å²) >= 11 is 0. The first-order valence-corrected chi connectivity index (χ1v) is 8.31. The number of sulfone groups is 1. The molecule has 0 spiro atoms. The molecule has 1 aromatic rings. The van der Waals surface area contributed by atoms with E-state index in [2.05, 4.69) is 4.98 Å². The minimum absolute atomic E-state index is 0.0863. The van der Waals surface area contributed by atoms with E-state index in [0.29, 0.717) is 24.6 Å². The van der Waals surface area contributed by atoms with Crippen molar-refractivity contribution in [3.05, 3.63) is 23.4 Å². The Hall–Kier alpha value is -1.63. The third kappa shape index (κ3) is 3.27. The van der Waals surface area contributed by atoms with Crippen molar-refractivity contribution in [1.82, 2.24) is 4.98 Å². The summed E-state index contributed by atoms with van der Waals surface area (Å²) in [4.78, 5) is 17.5. The zero-order chi connectivity index (χ0) is 14.9. The van der Waals surface area contributed by atoms with Crippen LogP contribution in [0.5, 0.6) is 0 Å². The third-order valence-corrected chi connectivity index (χ3v) is 4.95. The Morgan fingerprint density at radius 2 is 1.90 bits per heavy atom. The number of hydrogen-bond acceptors (Lipinski definition) is 5. The van der Waals surface area contributed by atoms with Crippen LogP contribution in [0.15, 0.2) is 12.1 Å². The number of carboxylic acid groups (broad SMARTS) is 1. The van der Waals surface area contributed by atoms with E-state index in [1.807, 2.05) is 18.7 Å². The standard InChI is InChI=1S/C13H18N2O4S/c1-9(2)11-7-10(13(16)17)8-12(14-11)15-3-5-20(18,19)6-4-15/h7-9H,3-6H2,1-2H3,(H,16,17). The van der Waals surface area contributed by atoms with Gasteiger partial charge in [0.1, 0.15) is 5.82 Å². The van der Waals surface area contributed by atoms with Crippen LogP contribution < -0.4 is 4.90 Å². The largest absolute Gasteiger partial charge is 0.478 e. The van der Waals surface area contributed by atoms with Crippen molar-refractivity contribution in [3.8, 4) is 0 Å². The number of anilines is 1. The Bertz CT molecular complexity index is 611. The van der Waals surface area contributed by atoms with Gasteiger partial charge in [0.05, 0.1) is 17.1 Å². The van der Waals surface area contributed by atoms with Crippen LogP contribution in [0.25, 0.3) is 0 Å². The van der Waals surface area contributed by atoms with Gasteiger partial charge in [-0.05, 0) is 18.1 Å². The van der Waals surface area contributed by atoms with E-state index in [4.69, 9.17) is 5.11 Å². The molecule has 0 atom stereocenters. The molecule has 1 N–H and O–H groups in total. The zero-order valence-corrected chi connectivity index (χ0v) is 12.4. The van der Waals surface area contributed by atoms with E-state index in [1.54, 1.807) is 6.07 Å². The van der Waals surface area contributed by atoms with Crippen LogP contribution in [0.1, 0.15) is 35.8 Å². The van der Waals surface area contributed by atoms with E-state index < -0.39 is 15.8 Å². The second-order valence-corrected chi connectivity index (χ2v) is 7.54. The molecule has 0 unspecified atom stereocenters. The van der Waals surface area contributed by atoms with E-state index in [9.17, 15) is 13.2 Å². The number of aromatic carboxylic acids is 1. The Morgan fingerprint density at radius 1 is 1.30 bits per heavy atom. The van der Waals surface area contributed by atoms with Gasteiger partial charge in [-0.25, -0.2) is 18.2 Å². The summed E-state index contributed by atoms with van der Waals surface area (Å²) in [5.74, 6) is -0.170. The summed E-state index contributed by atoms with van der Waals surface area (Å²) in [5.41, 5.74) is 0.889. The van der Waals surface area contributed by atoms with Crippen molar-refractivity contribution in [2.24, 2.45) is 0 Å². The Labute approximate surface area is 118 Å². The van der Waals surface area contributed by atoms with Gasteiger partial charge in [-0.15, -0.1) is 0 Å². The highest BCUT2D eigenvalue weighted by molar-refractivity contribution is 7.91. The lowest BCUT2D eigenvalue weighted by Gasteiger charge is -2.28. The number of rotatable bonds is 3. The van der Waals surface area contributed by atoms with Crippen molar-refractivity contribution in [3.63, 3.8) is 0 Å². The fourth-order valence-corrected chi connectivity index (χ4v) is 3.26. The van der Waals surface area contributed by atoms with Gasteiger partial charge in [0.25, 0.3) is 0 Å². The SMILES string of the molecule is CC(C)c1cc(C(=O)O)cc(N2CCS(=O)(=O)CC2)n1. The molecule has 0 saturated carbocycles. The average molecular weight is 298 g/mol. The molecule has 0 aromatic carbocycles. The minimum atomic E-state index is -2.96. The summed E-state index contributed by atoms with van der Waals surface area (Å²) in [7, 11) is -2.96. The first kappa shape index (κ1) is 14.8. The van der Waals surface area contributed by atoms with Gasteiger partial charge in [0.15, 0.2) is 9.84 Å². The smallest absolute Gasteiger partial charge is 0.335 e. The van der Waals surface area contributed by atoms with Crippen molar-refractivity contribution >= 4 is 21.6 Å². The molecule has 2 heterocycles. The predicted molar refractivity (Wildman–Crippen MR) is 76.2 cm³/mol. The summed E-state index contributed by atoms with van der Waals surface area (Å²) < 4.78 is 22.9. The number of carbonyl (C=O) groups is 1. The van der Waals surface area contributed by atoms with Crippen molar-refractivity contribution in [2.45, 2.75) is 19.8 Å². The number of hydrogen-bond donors (Lipinski definition) is 1. The molecule has 7 heteroatoms. The first-order chi connectivity index (χ1) is 9.28.